The summed E-state index contributed by atoms with van der Waals surface area (Å²) >= 11 is 0. The van der Waals surface area contributed by atoms with Gasteiger partial charge in [-0.15, -0.1) is 0 Å². The van der Waals surface area contributed by atoms with Gasteiger partial charge in [0.15, 0.2) is 11.6 Å². The number of hydrogen-bond donors (Lipinski definition) is 2. The van der Waals surface area contributed by atoms with Crippen LogP contribution in [0.4, 0.5) is 18.9 Å². The Labute approximate surface area is 116 Å². The van der Waals surface area contributed by atoms with E-state index in [0.29, 0.717) is 0 Å². The van der Waals surface area contributed by atoms with Crippen LogP contribution in [-0.4, -0.2) is 17.0 Å². The van der Waals surface area contributed by atoms with E-state index in [1.807, 2.05) is 0 Å². The highest BCUT2D eigenvalue weighted by molar-refractivity contribution is 6.07. The molecule has 108 valence electrons. The van der Waals surface area contributed by atoms with Crippen LogP contribution in [0.5, 0.6) is 0 Å². The molecule has 0 aliphatic carbocycles. The highest BCUT2D eigenvalue weighted by Crippen LogP contribution is 2.21. The molecule has 4 nitrogen and oxygen atoms in total. The van der Waals surface area contributed by atoms with Crippen molar-refractivity contribution in [3.05, 3.63) is 65.0 Å². The van der Waals surface area contributed by atoms with Gasteiger partial charge in [0.05, 0.1) is 11.3 Å². The number of anilines is 1. The molecule has 0 radical (unpaired) electrons. The Kier molecular flexibility index (Phi) is 3.93. The third kappa shape index (κ3) is 2.86. The minimum Gasteiger partial charge on any atom is -0.478 e. The van der Waals surface area contributed by atoms with Gasteiger partial charge in [0, 0.05) is 0 Å². The summed E-state index contributed by atoms with van der Waals surface area (Å²) in [5, 5.41) is 11.0. The molecule has 0 aliphatic heterocycles. The lowest BCUT2D eigenvalue weighted by molar-refractivity contribution is 0.0693. The monoisotopic (exact) mass is 295 g/mol. The zero-order chi connectivity index (χ0) is 15.6. The van der Waals surface area contributed by atoms with Crippen LogP contribution >= 0.6 is 0 Å². The molecule has 0 atom stereocenters. The SMILES string of the molecule is O=C(Nc1cccc(F)c1C(=O)O)c1cccc(F)c1F. The Morgan fingerprint density at radius 1 is 0.952 bits per heavy atom. The Hall–Kier alpha value is -2.83. The fraction of sp³-hybridized carbons (Fsp3) is 0. The van der Waals surface area contributed by atoms with Gasteiger partial charge in [-0.2, -0.15) is 0 Å². The molecular weight excluding hydrogens is 287 g/mol. The van der Waals surface area contributed by atoms with Crippen molar-refractivity contribution in [1.82, 2.24) is 0 Å². The molecule has 0 heterocycles. The highest BCUT2D eigenvalue weighted by atomic mass is 19.2. The standard InChI is InChI=1S/C14H8F3NO3/c15-8-4-2-6-10(11(8)14(20)21)18-13(19)7-3-1-5-9(16)12(7)17/h1-6H,(H,18,19)(H,20,21). The average Bonchev–Trinajstić information content (AvgIpc) is 2.41. The Bertz CT molecular complexity index is 731. The molecule has 0 saturated carbocycles. The third-order valence-corrected chi connectivity index (χ3v) is 2.67. The van der Waals surface area contributed by atoms with Gasteiger partial charge >= 0.3 is 5.97 Å². The number of carboxylic acid groups (broad SMARTS) is 1. The maximum Gasteiger partial charge on any atom is 0.340 e. The quantitative estimate of drug-likeness (QED) is 0.914. The molecule has 2 N–H and O–H groups in total. The Balaban J connectivity index is 2.39. The smallest absolute Gasteiger partial charge is 0.340 e. The number of benzene rings is 2. The summed E-state index contributed by atoms with van der Waals surface area (Å²) in [5.74, 6) is -6.33. The second-order valence-corrected chi connectivity index (χ2v) is 4.02. The zero-order valence-corrected chi connectivity index (χ0v) is 10.4. The van der Waals surface area contributed by atoms with Crippen molar-refractivity contribution in [2.24, 2.45) is 0 Å². The van der Waals surface area contributed by atoms with E-state index < -0.39 is 40.5 Å². The van der Waals surface area contributed by atoms with Crippen LogP contribution in [0.15, 0.2) is 36.4 Å². The summed E-state index contributed by atoms with van der Waals surface area (Å²) < 4.78 is 39.9. The first-order valence-electron chi connectivity index (χ1n) is 5.69. The van der Waals surface area contributed by atoms with Crippen molar-refractivity contribution >= 4 is 17.6 Å². The van der Waals surface area contributed by atoms with E-state index in [9.17, 15) is 22.8 Å². The number of carboxylic acids is 1. The lowest BCUT2D eigenvalue weighted by atomic mass is 10.1. The molecule has 2 rings (SSSR count). The van der Waals surface area contributed by atoms with E-state index in [4.69, 9.17) is 5.11 Å². The number of amides is 1. The van der Waals surface area contributed by atoms with Gasteiger partial charge in [-0.25, -0.2) is 18.0 Å². The van der Waals surface area contributed by atoms with Crippen molar-refractivity contribution in [2.75, 3.05) is 5.32 Å². The van der Waals surface area contributed by atoms with E-state index in [1.54, 1.807) is 0 Å². The molecule has 1 amide bonds. The van der Waals surface area contributed by atoms with Crippen LogP contribution in [0, 0.1) is 17.5 Å². The van der Waals surface area contributed by atoms with Crippen LogP contribution in [0.1, 0.15) is 20.7 Å². The van der Waals surface area contributed by atoms with E-state index in [1.165, 1.54) is 6.07 Å². The van der Waals surface area contributed by atoms with Gasteiger partial charge in [0.1, 0.15) is 11.4 Å². The second kappa shape index (κ2) is 5.66. The number of rotatable bonds is 3. The van der Waals surface area contributed by atoms with Gasteiger partial charge < -0.3 is 10.4 Å². The Morgan fingerprint density at radius 3 is 2.24 bits per heavy atom. The van der Waals surface area contributed by atoms with E-state index in [-0.39, 0.29) is 5.69 Å². The predicted octanol–water partition coefficient (Wildman–Crippen LogP) is 3.05. The van der Waals surface area contributed by atoms with Gasteiger partial charge in [-0.05, 0) is 24.3 Å². The predicted molar refractivity (Wildman–Crippen MR) is 67.7 cm³/mol. The van der Waals surface area contributed by atoms with Crippen LogP contribution in [0.25, 0.3) is 0 Å². The lowest BCUT2D eigenvalue weighted by Gasteiger charge is -2.09. The molecule has 0 fully saturated rings. The molecule has 2 aromatic carbocycles. The molecule has 21 heavy (non-hydrogen) atoms. The first kappa shape index (κ1) is 14.6. The maximum atomic E-state index is 13.5. The maximum absolute atomic E-state index is 13.5. The van der Waals surface area contributed by atoms with Crippen LogP contribution in [-0.2, 0) is 0 Å². The van der Waals surface area contributed by atoms with Crippen LogP contribution in [0.3, 0.4) is 0 Å². The van der Waals surface area contributed by atoms with Crippen LogP contribution < -0.4 is 5.32 Å². The molecule has 0 bridgehead atoms. The minimum absolute atomic E-state index is 0.351. The summed E-state index contributed by atoms with van der Waals surface area (Å²) in [7, 11) is 0. The zero-order valence-electron chi connectivity index (χ0n) is 10.4. The molecule has 0 spiro atoms. The molecule has 2 aromatic rings. The fourth-order valence-corrected chi connectivity index (χ4v) is 1.71. The summed E-state index contributed by atoms with van der Waals surface area (Å²) in [4.78, 5) is 22.8. The summed E-state index contributed by atoms with van der Waals surface area (Å²) in [5.41, 5.74) is -1.73. The minimum atomic E-state index is -1.59. The number of carbonyl (C=O) groups excluding carboxylic acids is 1. The Morgan fingerprint density at radius 2 is 1.57 bits per heavy atom. The van der Waals surface area contributed by atoms with Crippen LogP contribution in [0.2, 0.25) is 0 Å². The lowest BCUT2D eigenvalue weighted by Crippen LogP contribution is -2.17. The topological polar surface area (TPSA) is 66.4 Å². The van der Waals surface area contributed by atoms with Crippen molar-refractivity contribution in [2.45, 2.75) is 0 Å². The molecule has 0 aliphatic rings. The highest BCUT2D eigenvalue weighted by Gasteiger charge is 2.20. The second-order valence-electron chi connectivity index (χ2n) is 4.02. The van der Waals surface area contributed by atoms with Crippen molar-refractivity contribution < 1.29 is 27.9 Å². The van der Waals surface area contributed by atoms with E-state index in [0.717, 1.165) is 30.3 Å². The first-order valence-corrected chi connectivity index (χ1v) is 5.69. The van der Waals surface area contributed by atoms with E-state index >= 15 is 0 Å². The van der Waals surface area contributed by atoms with Crippen molar-refractivity contribution in [3.8, 4) is 0 Å². The van der Waals surface area contributed by atoms with Crippen molar-refractivity contribution in [1.29, 1.82) is 0 Å². The average molecular weight is 295 g/mol. The molecule has 7 heteroatoms. The largest absolute Gasteiger partial charge is 0.478 e. The number of carbonyl (C=O) groups is 2. The summed E-state index contributed by atoms with van der Waals surface area (Å²) in [6.07, 6.45) is 0. The molecule has 0 unspecified atom stereocenters. The van der Waals surface area contributed by atoms with Gasteiger partial charge in [-0.1, -0.05) is 12.1 Å². The summed E-state index contributed by atoms with van der Waals surface area (Å²) in [6, 6.07) is 6.20. The fourth-order valence-electron chi connectivity index (χ4n) is 1.71. The third-order valence-electron chi connectivity index (χ3n) is 2.67. The first-order chi connectivity index (χ1) is 9.91. The summed E-state index contributed by atoms with van der Waals surface area (Å²) in [6.45, 7) is 0. The normalized spacial score (nSPS) is 10.2. The van der Waals surface area contributed by atoms with Crippen molar-refractivity contribution in [3.63, 3.8) is 0 Å². The van der Waals surface area contributed by atoms with Gasteiger partial charge in [0.25, 0.3) is 5.91 Å². The van der Waals surface area contributed by atoms with Gasteiger partial charge in [-0.3, -0.25) is 4.79 Å². The molecule has 0 aromatic heterocycles. The molecule has 0 saturated heterocycles. The van der Waals surface area contributed by atoms with Gasteiger partial charge in [0.2, 0.25) is 0 Å². The number of nitrogens with one attached hydrogen (secondary N) is 1. The number of aromatic carboxylic acids is 1. The van der Waals surface area contributed by atoms with E-state index in [2.05, 4.69) is 5.32 Å². The number of halogens is 3. The number of hydrogen-bond acceptors (Lipinski definition) is 2. The molecular formula is C14H8F3NO3.